The molecule has 226 valence electrons. The normalized spacial score (nSPS) is 11.6. The van der Waals surface area contributed by atoms with E-state index in [4.69, 9.17) is 11.4 Å². The first-order valence-electron chi connectivity index (χ1n) is 15.6. The van der Waals surface area contributed by atoms with Gasteiger partial charge in [0.2, 0.25) is 11.4 Å². The molecular formula is C40H33N7+2. The Morgan fingerprint density at radius 3 is 1.66 bits per heavy atom. The number of fused-ring (bicyclic) bond motifs is 9. The second-order valence-electron chi connectivity index (χ2n) is 11.7. The minimum atomic E-state index is 0.468. The third kappa shape index (κ3) is 5.02. The highest BCUT2D eigenvalue weighted by Crippen LogP contribution is 2.35. The van der Waals surface area contributed by atoms with Crippen molar-refractivity contribution in [2.75, 3.05) is 11.9 Å². The van der Waals surface area contributed by atoms with Gasteiger partial charge in [-0.15, -0.1) is 6.42 Å². The van der Waals surface area contributed by atoms with Crippen molar-refractivity contribution in [2.45, 2.75) is 0 Å². The van der Waals surface area contributed by atoms with Crippen LogP contribution >= 0.6 is 0 Å². The molecule has 1 aliphatic heterocycles. The number of aromatic amines is 3. The van der Waals surface area contributed by atoms with Crippen molar-refractivity contribution in [3.63, 3.8) is 0 Å². The molecule has 0 saturated heterocycles. The van der Waals surface area contributed by atoms with Gasteiger partial charge in [-0.25, -0.2) is 14.1 Å². The quantitative estimate of drug-likeness (QED) is 0.121. The second-order valence-corrected chi connectivity index (χ2v) is 11.7. The number of aryl methyl sites for hydroxylation is 2. The molecule has 0 unspecified atom stereocenters. The number of benzene rings is 1. The zero-order chi connectivity index (χ0) is 31.9. The molecule has 7 heterocycles. The Bertz CT molecular complexity index is 2500. The van der Waals surface area contributed by atoms with Gasteiger partial charge in [0.05, 0.1) is 56.6 Å². The Balaban J connectivity index is 1.52. The van der Waals surface area contributed by atoms with Crippen LogP contribution in [0, 0.1) is 12.3 Å². The van der Waals surface area contributed by atoms with E-state index in [1.165, 1.54) is 0 Å². The van der Waals surface area contributed by atoms with Crippen molar-refractivity contribution in [3.8, 4) is 46.0 Å². The number of nitrogens with zero attached hydrogens (tertiary/aromatic N) is 3. The number of pyridine rings is 2. The Labute approximate surface area is 272 Å². The Morgan fingerprint density at radius 2 is 1.09 bits per heavy atom. The maximum absolute atomic E-state index is 5.49. The summed E-state index contributed by atoms with van der Waals surface area (Å²) in [7, 11) is 4.14. The first-order valence-corrected chi connectivity index (χ1v) is 15.6. The molecule has 7 aromatic rings. The fourth-order valence-corrected chi connectivity index (χ4v) is 6.47. The Kier molecular flexibility index (Phi) is 6.89. The van der Waals surface area contributed by atoms with Gasteiger partial charge in [0, 0.05) is 41.0 Å². The van der Waals surface area contributed by atoms with E-state index in [0.29, 0.717) is 6.54 Å². The molecule has 1 aromatic carbocycles. The van der Waals surface area contributed by atoms with Crippen molar-refractivity contribution in [3.05, 3.63) is 121 Å². The molecule has 7 heteroatoms. The van der Waals surface area contributed by atoms with Crippen molar-refractivity contribution < 1.29 is 9.13 Å². The highest BCUT2D eigenvalue weighted by atomic mass is 14.9. The summed E-state index contributed by atoms with van der Waals surface area (Å²) in [4.78, 5) is 16.6. The van der Waals surface area contributed by atoms with Crippen LogP contribution in [0.5, 0.6) is 0 Å². The Morgan fingerprint density at radius 1 is 0.596 bits per heavy atom. The molecule has 0 fully saturated rings. The number of H-pyrrole nitrogens is 3. The van der Waals surface area contributed by atoms with Gasteiger partial charge in [0.1, 0.15) is 14.1 Å². The van der Waals surface area contributed by atoms with Crippen LogP contribution in [0.2, 0.25) is 0 Å². The summed E-state index contributed by atoms with van der Waals surface area (Å²) in [5.74, 6) is 2.65. The highest BCUT2D eigenvalue weighted by Gasteiger charge is 2.21. The minimum absolute atomic E-state index is 0.468. The average molecular weight is 612 g/mol. The van der Waals surface area contributed by atoms with Gasteiger partial charge in [0.25, 0.3) is 0 Å². The van der Waals surface area contributed by atoms with Crippen LogP contribution in [0.1, 0.15) is 11.4 Å². The van der Waals surface area contributed by atoms with Gasteiger partial charge in [-0.05, 0) is 78.4 Å². The summed E-state index contributed by atoms with van der Waals surface area (Å²) in [6.45, 7) is 0.468. The maximum atomic E-state index is 5.49. The molecular weight excluding hydrogens is 578 g/mol. The SMILES string of the molecule is C#CCNc1ccc(-c2c3nc(c(-c4cccc[n+]4C)c4ccc([nH]4)c4ccc([nH]4)c(-c4cccc[n+]4C)c4ccc2[nH]4)C=C3)cc1. The van der Waals surface area contributed by atoms with Crippen molar-refractivity contribution in [2.24, 2.45) is 14.1 Å². The minimum Gasteiger partial charge on any atom is -0.374 e. The fourth-order valence-electron chi connectivity index (χ4n) is 6.47. The van der Waals surface area contributed by atoms with Gasteiger partial charge in [-0.3, -0.25) is 0 Å². The molecule has 0 aliphatic carbocycles. The summed E-state index contributed by atoms with van der Waals surface area (Å²) >= 11 is 0. The van der Waals surface area contributed by atoms with Crippen LogP contribution < -0.4 is 14.5 Å². The third-order valence-corrected chi connectivity index (χ3v) is 8.77. The van der Waals surface area contributed by atoms with E-state index in [9.17, 15) is 0 Å². The summed E-state index contributed by atoms with van der Waals surface area (Å²) in [6, 6.07) is 33.8. The second kappa shape index (κ2) is 11.5. The third-order valence-electron chi connectivity index (χ3n) is 8.77. The first-order chi connectivity index (χ1) is 23.1. The highest BCUT2D eigenvalue weighted by molar-refractivity contribution is 5.98. The molecule has 1 aliphatic rings. The first kappa shape index (κ1) is 28.1. The molecule has 7 nitrogen and oxygen atoms in total. The van der Waals surface area contributed by atoms with Gasteiger partial charge in [0.15, 0.2) is 12.4 Å². The van der Waals surface area contributed by atoms with Crippen LogP contribution in [-0.4, -0.2) is 26.5 Å². The summed E-state index contributed by atoms with van der Waals surface area (Å²) in [5.41, 5.74) is 15.0. The molecule has 0 atom stereocenters. The molecule has 8 rings (SSSR count). The van der Waals surface area contributed by atoms with E-state index in [-0.39, 0.29) is 0 Å². The van der Waals surface area contributed by atoms with Crippen LogP contribution in [0.15, 0.2) is 109 Å². The topological polar surface area (TPSA) is 80.1 Å². The lowest BCUT2D eigenvalue weighted by Crippen LogP contribution is -2.30. The number of terminal acetylenes is 1. The van der Waals surface area contributed by atoms with Crippen molar-refractivity contribution >= 4 is 50.9 Å². The van der Waals surface area contributed by atoms with Crippen LogP contribution in [0.4, 0.5) is 5.69 Å². The number of aromatic nitrogens is 6. The zero-order valence-corrected chi connectivity index (χ0v) is 26.2. The summed E-state index contributed by atoms with van der Waals surface area (Å²) < 4.78 is 4.28. The lowest BCUT2D eigenvalue weighted by molar-refractivity contribution is -0.660. The number of nitrogens with one attached hydrogen (secondary N) is 4. The molecule has 0 radical (unpaired) electrons. The van der Waals surface area contributed by atoms with Gasteiger partial charge < -0.3 is 20.3 Å². The van der Waals surface area contributed by atoms with E-state index >= 15 is 0 Å². The van der Waals surface area contributed by atoms with Crippen LogP contribution in [0.3, 0.4) is 0 Å². The number of hydrogen-bond acceptors (Lipinski definition) is 2. The van der Waals surface area contributed by atoms with Crippen LogP contribution in [0.25, 0.3) is 78.9 Å². The smallest absolute Gasteiger partial charge is 0.216 e. The van der Waals surface area contributed by atoms with E-state index < -0.39 is 0 Å². The van der Waals surface area contributed by atoms with E-state index in [1.807, 2.05) is 12.1 Å². The average Bonchev–Trinajstić information content (AvgIpc) is 3.92. The number of rotatable bonds is 5. The number of anilines is 1. The molecule has 6 aromatic heterocycles. The largest absolute Gasteiger partial charge is 0.374 e. The lowest BCUT2D eigenvalue weighted by atomic mass is 10.0. The van der Waals surface area contributed by atoms with Crippen LogP contribution in [-0.2, 0) is 14.1 Å². The predicted molar refractivity (Wildman–Crippen MR) is 191 cm³/mol. The fraction of sp³-hybridized carbons (Fsp3) is 0.0750. The molecule has 4 N–H and O–H groups in total. The Hall–Kier alpha value is -6.39. The lowest BCUT2D eigenvalue weighted by Gasteiger charge is -2.07. The van der Waals surface area contributed by atoms with E-state index in [2.05, 4.69) is 159 Å². The van der Waals surface area contributed by atoms with E-state index in [0.717, 1.165) is 83.8 Å². The number of hydrogen-bond donors (Lipinski definition) is 4. The van der Waals surface area contributed by atoms with Crippen molar-refractivity contribution in [1.82, 2.24) is 19.9 Å². The van der Waals surface area contributed by atoms with Gasteiger partial charge in [-0.2, -0.15) is 0 Å². The molecule has 0 amide bonds. The predicted octanol–water partition coefficient (Wildman–Crippen LogP) is 7.39. The summed E-state index contributed by atoms with van der Waals surface area (Å²) in [5, 5.41) is 3.27. The molecule has 0 spiro atoms. The molecule has 47 heavy (non-hydrogen) atoms. The zero-order valence-electron chi connectivity index (χ0n) is 26.2. The van der Waals surface area contributed by atoms with Gasteiger partial charge in [-0.1, -0.05) is 18.1 Å². The standard InChI is InChI=1S/C40H31N7/c1-4-23-41-27-13-11-26(12-14-27)38-30-19-21-34(44-30)39(36-9-5-7-24-46(36)2)32-17-15-28(42-32)29-16-18-33(43-29)40(35-22-20-31(38)45-35)37-10-6-8-25-47(37)3/h1,5-22,24-25H,23H2,2-3H3,(H2,41,44,45)/p+2. The van der Waals surface area contributed by atoms with Gasteiger partial charge >= 0.3 is 0 Å². The van der Waals surface area contributed by atoms with Crippen molar-refractivity contribution in [1.29, 1.82) is 0 Å². The maximum Gasteiger partial charge on any atom is 0.216 e. The molecule has 8 bridgehead atoms. The molecule has 0 saturated carbocycles. The van der Waals surface area contributed by atoms with E-state index in [1.54, 1.807) is 0 Å². The summed E-state index contributed by atoms with van der Waals surface area (Å²) in [6.07, 6.45) is 13.9. The monoisotopic (exact) mass is 611 g/mol.